The van der Waals surface area contributed by atoms with Gasteiger partial charge in [0.2, 0.25) is 5.91 Å². The molecular weight excluding hydrogens is 1010 g/mol. The molecule has 0 saturated heterocycles. The highest BCUT2D eigenvalue weighted by molar-refractivity contribution is 5.76. The van der Waals surface area contributed by atoms with Crippen LogP contribution in [0.2, 0.25) is 0 Å². The van der Waals surface area contributed by atoms with Crippen LogP contribution in [0.1, 0.15) is 438 Å². The number of aliphatic hydroxyl groups excluding tert-OH is 2. The molecule has 0 fully saturated rings. The van der Waals surface area contributed by atoms with E-state index in [4.69, 9.17) is 4.74 Å². The van der Waals surface area contributed by atoms with Gasteiger partial charge in [-0.2, -0.15) is 0 Å². The quantitative estimate of drug-likeness (QED) is 0.0320. The van der Waals surface area contributed by atoms with Gasteiger partial charge in [0.1, 0.15) is 0 Å². The van der Waals surface area contributed by atoms with Gasteiger partial charge in [-0.25, -0.2) is 0 Å². The zero-order chi connectivity index (χ0) is 59.2. The molecule has 82 heavy (non-hydrogen) atoms. The van der Waals surface area contributed by atoms with Crippen molar-refractivity contribution in [3.05, 3.63) is 12.2 Å². The average molecular weight is 1160 g/mol. The Labute approximate surface area is 514 Å². The van der Waals surface area contributed by atoms with Gasteiger partial charge < -0.3 is 20.3 Å². The van der Waals surface area contributed by atoms with Crippen molar-refractivity contribution in [1.82, 2.24) is 5.32 Å². The smallest absolute Gasteiger partial charge is 0.305 e. The molecule has 0 aromatic rings. The fraction of sp³-hybridized carbons (Fsp3) is 0.947. The Hall–Kier alpha value is -1.40. The molecule has 0 radical (unpaired) electrons. The molecule has 0 aliphatic rings. The fourth-order valence-electron chi connectivity index (χ4n) is 12.3. The summed E-state index contributed by atoms with van der Waals surface area (Å²) in [7, 11) is 0. The molecule has 0 bridgehead atoms. The number of nitrogens with one attached hydrogen (secondary N) is 1. The van der Waals surface area contributed by atoms with Gasteiger partial charge in [0, 0.05) is 12.8 Å². The predicted molar refractivity (Wildman–Crippen MR) is 361 cm³/mol. The van der Waals surface area contributed by atoms with Gasteiger partial charge in [-0.3, -0.25) is 9.59 Å². The highest BCUT2D eigenvalue weighted by atomic mass is 16.5. The number of esters is 1. The van der Waals surface area contributed by atoms with E-state index >= 15 is 0 Å². The summed E-state index contributed by atoms with van der Waals surface area (Å²) < 4.78 is 5.51. The van der Waals surface area contributed by atoms with E-state index < -0.39 is 12.1 Å². The van der Waals surface area contributed by atoms with Gasteiger partial charge >= 0.3 is 5.97 Å². The van der Waals surface area contributed by atoms with Crippen LogP contribution < -0.4 is 5.32 Å². The van der Waals surface area contributed by atoms with Crippen LogP contribution in [0.4, 0.5) is 0 Å². The summed E-state index contributed by atoms with van der Waals surface area (Å²) in [5, 5.41) is 23.5. The maximum atomic E-state index is 12.6. The average Bonchev–Trinajstić information content (AvgIpc) is 3.48. The van der Waals surface area contributed by atoms with Crippen LogP contribution in [0.25, 0.3) is 0 Å². The Balaban J connectivity index is 3.35. The van der Waals surface area contributed by atoms with Crippen molar-refractivity contribution in [3.8, 4) is 0 Å². The molecule has 0 aliphatic carbocycles. The van der Waals surface area contributed by atoms with E-state index in [-0.39, 0.29) is 18.5 Å². The molecule has 0 heterocycles. The first kappa shape index (κ1) is 80.6. The van der Waals surface area contributed by atoms with E-state index in [0.717, 1.165) is 44.9 Å². The van der Waals surface area contributed by atoms with Crippen molar-refractivity contribution >= 4 is 11.9 Å². The van der Waals surface area contributed by atoms with Gasteiger partial charge in [-0.1, -0.05) is 386 Å². The van der Waals surface area contributed by atoms with E-state index in [0.29, 0.717) is 25.9 Å². The van der Waals surface area contributed by atoms with Crippen LogP contribution in [-0.4, -0.2) is 47.4 Å². The van der Waals surface area contributed by atoms with Gasteiger partial charge in [0.05, 0.1) is 25.4 Å². The van der Waals surface area contributed by atoms with Crippen molar-refractivity contribution in [2.45, 2.75) is 450 Å². The lowest BCUT2D eigenvalue weighted by Crippen LogP contribution is -2.45. The SMILES string of the molecule is CCCCCCCC/C=C\CCCCCCCCCC(=O)OCCCCCCCCCCCCCCCCCCCCCCCCCCCC(=O)NC(CO)C(O)CCCCCCCCCCCCCCCCCCCCCCCCC. The first-order chi connectivity index (χ1) is 40.5. The monoisotopic (exact) mass is 1160 g/mol. The highest BCUT2D eigenvalue weighted by Crippen LogP contribution is 2.20. The zero-order valence-corrected chi connectivity index (χ0v) is 56.0. The summed E-state index contributed by atoms with van der Waals surface area (Å²) in [6, 6.07) is -0.541. The Bertz CT molecular complexity index is 1240. The van der Waals surface area contributed by atoms with Gasteiger partial charge in [-0.05, 0) is 51.4 Å². The highest BCUT2D eigenvalue weighted by Gasteiger charge is 2.20. The third-order valence-electron chi connectivity index (χ3n) is 18.1. The van der Waals surface area contributed by atoms with Gasteiger partial charge in [-0.15, -0.1) is 0 Å². The van der Waals surface area contributed by atoms with Crippen molar-refractivity contribution in [2.24, 2.45) is 0 Å². The second-order valence-electron chi connectivity index (χ2n) is 26.3. The minimum Gasteiger partial charge on any atom is -0.466 e. The number of allylic oxidation sites excluding steroid dienone is 2. The normalized spacial score (nSPS) is 12.5. The molecule has 488 valence electrons. The third kappa shape index (κ3) is 67.7. The van der Waals surface area contributed by atoms with Crippen molar-refractivity contribution in [1.29, 1.82) is 0 Å². The second-order valence-corrected chi connectivity index (χ2v) is 26.3. The molecule has 0 aromatic heterocycles. The minimum atomic E-state index is -0.664. The zero-order valence-electron chi connectivity index (χ0n) is 56.0. The summed E-state index contributed by atoms with van der Waals surface area (Å²) in [5.41, 5.74) is 0. The lowest BCUT2D eigenvalue weighted by molar-refractivity contribution is -0.143. The molecule has 1 amide bonds. The Kier molecular flexibility index (Phi) is 70.8. The molecule has 0 aliphatic heterocycles. The predicted octanol–water partition coefficient (Wildman–Crippen LogP) is 24.7. The molecule has 2 atom stereocenters. The molecule has 6 nitrogen and oxygen atoms in total. The maximum Gasteiger partial charge on any atom is 0.305 e. The second kappa shape index (κ2) is 72.1. The number of aliphatic hydroxyl groups is 2. The summed E-state index contributed by atoms with van der Waals surface area (Å²) in [6.07, 6.45) is 89.9. The summed E-state index contributed by atoms with van der Waals surface area (Å²) in [5.74, 6) is -0.0130. The van der Waals surface area contributed by atoms with Crippen LogP contribution in [0.5, 0.6) is 0 Å². The number of hydrogen-bond donors (Lipinski definition) is 3. The van der Waals surface area contributed by atoms with Crippen LogP contribution in [0, 0.1) is 0 Å². The number of hydrogen-bond acceptors (Lipinski definition) is 5. The Morgan fingerprint density at radius 1 is 0.329 bits per heavy atom. The minimum absolute atomic E-state index is 0.0145. The molecule has 2 unspecified atom stereocenters. The number of ether oxygens (including phenoxy) is 1. The number of carbonyl (C=O) groups excluding carboxylic acids is 2. The van der Waals surface area contributed by atoms with E-state index in [1.807, 2.05) is 0 Å². The van der Waals surface area contributed by atoms with Crippen molar-refractivity contribution in [3.63, 3.8) is 0 Å². The summed E-state index contributed by atoms with van der Waals surface area (Å²) in [6.45, 7) is 5.00. The van der Waals surface area contributed by atoms with E-state index in [1.54, 1.807) is 0 Å². The molecule has 0 rings (SSSR count). The molecular formula is C76H149NO5. The van der Waals surface area contributed by atoms with E-state index in [9.17, 15) is 19.8 Å². The standard InChI is InChI=1S/C76H149NO5/c1-3-5-7-9-11-13-15-17-19-21-22-23-27-30-33-37-40-44-48-52-56-60-64-68-74(79)73(72-78)77-75(80)69-65-61-57-53-49-45-41-38-34-31-28-25-24-26-29-32-35-39-43-47-51-55-59-63-67-71-82-76(81)70-66-62-58-54-50-46-42-36-20-18-16-14-12-10-8-6-4-2/h18,20,73-74,78-79H,3-17,19,21-72H2,1-2H3,(H,77,80)/b20-18-. The molecule has 0 saturated carbocycles. The van der Waals surface area contributed by atoms with E-state index in [1.165, 1.54) is 360 Å². The number of rotatable bonds is 72. The van der Waals surface area contributed by atoms with Crippen LogP contribution >= 0.6 is 0 Å². The van der Waals surface area contributed by atoms with Crippen molar-refractivity contribution < 1.29 is 24.5 Å². The Morgan fingerprint density at radius 3 is 0.866 bits per heavy atom. The largest absolute Gasteiger partial charge is 0.466 e. The molecule has 3 N–H and O–H groups in total. The van der Waals surface area contributed by atoms with Crippen LogP contribution in [0.3, 0.4) is 0 Å². The van der Waals surface area contributed by atoms with Crippen LogP contribution in [0.15, 0.2) is 12.2 Å². The number of unbranched alkanes of at least 4 members (excludes halogenated alkanes) is 59. The molecule has 0 aromatic carbocycles. The summed E-state index contributed by atoms with van der Waals surface area (Å²) >= 11 is 0. The maximum absolute atomic E-state index is 12.6. The van der Waals surface area contributed by atoms with Gasteiger partial charge in [0.25, 0.3) is 0 Å². The Morgan fingerprint density at radius 2 is 0.573 bits per heavy atom. The van der Waals surface area contributed by atoms with Crippen LogP contribution in [-0.2, 0) is 14.3 Å². The molecule has 0 spiro atoms. The molecule has 6 heteroatoms. The van der Waals surface area contributed by atoms with E-state index in [2.05, 4.69) is 31.3 Å². The first-order valence-corrected chi connectivity index (χ1v) is 37.9. The topological polar surface area (TPSA) is 95.9 Å². The first-order valence-electron chi connectivity index (χ1n) is 37.9. The number of amides is 1. The summed E-state index contributed by atoms with van der Waals surface area (Å²) in [4.78, 5) is 24.7. The van der Waals surface area contributed by atoms with Gasteiger partial charge in [0.15, 0.2) is 0 Å². The van der Waals surface area contributed by atoms with Crippen molar-refractivity contribution in [2.75, 3.05) is 13.2 Å². The lowest BCUT2D eigenvalue weighted by atomic mass is 10.0. The fourth-order valence-corrected chi connectivity index (χ4v) is 12.3. The number of carbonyl (C=O) groups is 2. The third-order valence-corrected chi connectivity index (χ3v) is 18.1. The lowest BCUT2D eigenvalue weighted by Gasteiger charge is -2.22.